The van der Waals surface area contributed by atoms with Crippen LogP contribution in [0.4, 0.5) is 5.69 Å². The first kappa shape index (κ1) is 21.4. The minimum absolute atomic E-state index is 0.0335. The molecule has 1 amide bonds. The normalized spacial score (nSPS) is 18.9. The summed E-state index contributed by atoms with van der Waals surface area (Å²) >= 11 is 6.12. The molecule has 2 aromatic carbocycles. The smallest absolute Gasteiger partial charge is 0.279 e. The van der Waals surface area contributed by atoms with E-state index in [0.29, 0.717) is 18.2 Å². The Bertz CT molecular complexity index is 805. The van der Waals surface area contributed by atoms with E-state index in [4.69, 9.17) is 21.1 Å². The molecule has 1 heterocycles. The van der Waals surface area contributed by atoms with E-state index in [0.717, 1.165) is 55.5 Å². The van der Waals surface area contributed by atoms with Crippen LogP contribution in [0.5, 0.6) is 11.5 Å². The summed E-state index contributed by atoms with van der Waals surface area (Å²) in [5.74, 6) is 1.73. The lowest BCUT2D eigenvalue weighted by Gasteiger charge is -2.29. The van der Waals surface area contributed by atoms with Gasteiger partial charge in [-0.2, -0.15) is 0 Å². The van der Waals surface area contributed by atoms with Gasteiger partial charge >= 0.3 is 0 Å². The van der Waals surface area contributed by atoms with Gasteiger partial charge in [-0.3, -0.25) is 4.79 Å². The maximum Gasteiger partial charge on any atom is 0.279 e. The van der Waals surface area contributed by atoms with Crippen LogP contribution in [-0.4, -0.2) is 58.9 Å². The number of halogens is 1. The summed E-state index contributed by atoms with van der Waals surface area (Å²) in [5.41, 5.74) is 1.76. The van der Waals surface area contributed by atoms with Crippen LogP contribution in [0.1, 0.15) is 5.56 Å². The number of methoxy groups -OCH3 is 1. The number of rotatable bonds is 8. The van der Waals surface area contributed by atoms with E-state index in [1.807, 2.05) is 43.3 Å². The molecule has 1 aliphatic rings. The van der Waals surface area contributed by atoms with Gasteiger partial charge < -0.3 is 24.6 Å². The minimum atomic E-state index is 0.0335. The van der Waals surface area contributed by atoms with Crippen molar-refractivity contribution in [3.63, 3.8) is 0 Å². The van der Waals surface area contributed by atoms with Crippen LogP contribution in [0.15, 0.2) is 42.5 Å². The molecule has 29 heavy (non-hydrogen) atoms. The third-order valence-electron chi connectivity index (χ3n) is 5.31. The molecule has 1 aliphatic heterocycles. The van der Waals surface area contributed by atoms with E-state index in [1.54, 1.807) is 13.2 Å². The Labute approximate surface area is 177 Å². The number of ether oxygens (including phenoxy) is 2. The van der Waals surface area contributed by atoms with Gasteiger partial charge in [-0.05, 0) is 48.9 Å². The zero-order valence-corrected chi connectivity index (χ0v) is 17.8. The predicted octanol–water partition coefficient (Wildman–Crippen LogP) is 0.458. The van der Waals surface area contributed by atoms with Gasteiger partial charge in [0, 0.05) is 10.7 Å². The van der Waals surface area contributed by atoms with Gasteiger partial charge in [0.25, 0.3) is 5.91 Å². The number of amides is 1. The molecule has 0 radical (unpaired) electrons. The number of quaternary nitrogens is 2. The number of piperazine rings is 1. The Balaban J connectivity index is 1.34. The van der Waals surface area contributed by atoms with Gasteiger partial charge in [-0.25, -0.2) is 0 Å². The van der Waals surface area contributed by atoms with Gasteiger partial charge in [0.15, 0.2) is 6.54 Å². The average molecular weight is 420 g/mol. The van der Waals surface area contributed by atoms with Crippen LogP contribution in [0.2, 0.25) is 5.02 Å². The topological polar surface area (TPSA) is 56.4 Å². The second kappa shape index (κ2) is 10.5. The zero-order chi connectivity index (χ0) is 20.6. The van der Waals surface area contributed by atoms with E-state index in [1.165, 1.54) is 9.80 Å². The van der Waals surface area contributed by atoms with Crippen molar-refractivity contribution in [1.82, 2.24) is 0 Å². The van der Waals surface area contributed by atoms with Crippen molar-refractivity contribution in [3.05, 3.63) is 53.1 Å². The first-order chi connectivity index (χ1) is 14.0. The predicted molar refractivity (Wildman–Crippen MR) is 114 cm³/mol. The van der Waals surface area contributed by atoms with Gasteiger partial charge in [0.05, 0.1) is 7.11 Å². The summed E-state index contributed by atoms with van der Waals surface area (Å²) in [6.07, 6.45) is 0. The van der Waals surface area contributed by atoms with Crippen LogP contribution in [0, 0.1) is 6.92 Å². The number of aryl methyl sites for hydroxylation is 1. The molecule has 156 valence electrons. The highest BCUT2D eigenvalue weighted by Crippen LogP contribution is 2.19. The van der Waals surface area contributed by atoms with Crippen LogP contribution >= 0.6 is 11.6 Å². The molecule has 0 bridgehead atoms. The van der Waals surface area contributed by atoms with Crippen molar-refractivity contribution < 1.29 is 24.1 Å². The standard InChI is InChI=1S/C22H28ClN3O3/c1-17-3-4-18(15-21(17)23)24-22(27)16-26-11-9-25(10-12-26)13-14-29-20-7-5-19(28-2)6-8-20/h3-8,15H,9-14,16H2,1-2H3,(H,24,27)/p+2. The molecule has 3 N–H and O–H groups in total. The lowest BCUT2D eigenvalue weighted by molar-refractivity contribution is -1.01. The fraction of sp³-hybridized carbons (Fsp3) is 0.409. The lowest BCUT2D eigenvalue weighted by Crippen LogP contribution is -3.28. The largest absolute Gasteiger partial charge is 0.497 e. The first-order valence-electron chi connectivity index (χ1n) is 10.0. The number of carbonyl (C=O) groups excluding carboxylic acids is 1. The SMILES string of the molecule is COc1ccc(OCC[NH+]2CC[NH+](CC(=O)Nc3ccc(C)c(Cl)c3)CC2)cc1. The molecule has 2 aromatic rings. The van der Waals surface area contributed by atoms with E-state index in [-0.39, 0.29) is 5.91 Å². The maximum absolute atomic E-state index is 12.3. The van der Waals surface area contributed by atoms with Crippen molar-refractivity contribution in [2.75, 3.05) is 58.3 Å². The number of nitrogens with one attached hydrogen (secondary N) is 3. The number of hydrogen-bond donors (Lipinski definition) is 3. The molecule has 1 fully saturated rings. The summed E-state index contributed by atoms with van der Waals surface area (Å²) in [7, 11) is 1.66. The summed E-state index contributed by atoms with van der Waals surface area (Å²) in [6, 6.07) is 13.3. The molecule has 7 heteroatoms. The van der Waals surface area contributed by atoms with Crippen molar-refractivity contribution in [1.29, 1.82) is 0 Å². The summed E-state index contributed by atoms with van der Waals surface area (Å²) in [4.78, 5) is 15.2. The highest BCUT2D eigenvalue weighted by Gasteiger charge is 2.24. The molecular formula is C22H30ClN3O3+2. The van der Waals surface area contributed by atoms with Gasteiger partial charge in [-0.15, -0.1) is 0 Å². The van der Waals surface area contributed by atoms with Crippen molar-refractivity contribution in [2.24, 2.45) is 0 Å². The third kappa shape index (κ3) is 6.63. The van der Waals surface area contributed by atoms with E-state index in [9.17, 15) is 4.79 Å². The Hall–Kier alpha value is -2.28. The second-order valence-corrected chi connectivity index (χ2v) is 7.87. The number of hydrogen-bond acceptors (Lipinski definition) is 3. The number of anilines is 1. The molecule has 0 unspecified atom stereocenters. The van der Waals surface area contributed by atoms with Crippen LogP contribution in [-0.2, 0) is 4.79 Å². The maximum atomic E-state index is 12.3. The van der Waals surface area contributed by atoms with Gasteiger partial charge in [-0.1, -0.05) is 17.7 Å². The zero-order valence-electron chi connectivity index (χ0n) is 17.1. The Kier molecular flexibility index (Phi) is 7.75. The molecule has 3 rings (SSSR count). The molecule has 0 atom stereocenters. The highest BCUT2D eigenvalue weighted by molar-refractivity contribution is 6.31. The second-order valence-electron chi connectivity index (χ2n) is 7.46. The van der Waals surface area contributed by atoms with Crippen LogP contribution in [0.25, 0.3) is 0 Å². The van der Waals surface area contributed by atoms with Gasteiger partial charge in [0.2, 0.25) is 0 Å². The molecule has 6 nitrogen and oxygen atoms in total. The van der Waals surface area contributed by atoms with E-state index >= 15 is 0 Å². The van der Waals surface area contributed by atoms with E-state index < -0.39 is 0 Å². The quantitative estimate of drug-likeness (QED) is 0.582. The number of benzene rings is 2. The molecule has 0 saturated carbocycles. The molecule has 0 spiro atoms. The highest BCUT2D eigenvalue weighted by atomic mass is 35.5. The molecule has 1 saturated heterocycles. The minimum Gasteiger partial charge on any atom is -0.497 e. The Morgan fingerprint density at radius 1 is 1.03 bits per heavy atom. The Morgan fingerprint density at radius 2 is 1.69 bits per heavy atom. The summed E-state index contributed by atoms with van der Waals surface area (Å²) in [5, 5.41) is 3.62. The fourth-order valence-electron chi connectivity index (χ4n) is 3.47. The third-order valence-corrected chi connectivity index (χ3v) is 5.72. The molecule has 0 aromatic heterocycles. The summed E-state index contributed by atoms with van der Waals surface area (Å²) in [6.45, 7) is 8.15. The average Bonchev–Trinajstić information content (AvgIpc) is 2.72. The first-order valence-corrected chi connectivity index (χ1v) is 10.4. The fourth-order valence-corrected chi connectivity index (χ4v) is 3.65. The van der Waals surface area contributed by atoms with Crippen LogP contribution < -0.4 is 24.6 Å². The van der Waals surface area contributed by atoms with E-state index in [2.05, 4.69) is 5.32 Å². The van der Waals surface area contributed by atoms with Crippen LogP contribution in [0.3, 0.4) is 0 Å². The van der Waals surface area contributed by atoms with Gasteiger partial charge in [0.1, 0.15) is 50.8 Å². The Morgan fingerprint density at radius 3 is 2.34 bits per heavy atom. The van der Waals surface area contributed by atoms with Crippen molar-refractivity contribution in [2.45, 2.75) is 6.92 Å². The molecule has 0 aliphatic carbocycles. The van der Waals surface area contributed by atoms with Crippen molar-refractivity contribution in [3.8, 4) is 11.5 Å². The van der Waals surface area contributed by atoms with Crippen molar-refractivity contribution >= 4 is 23.2 Å². The molecular weight excluding hydrogens is 390 g/mol. The monoisotopic (exact) mass is 419 g/mol. The lowest BCUT2D eigenvalue weighted by atomic mass is 10.2. The number of carbonyl (C=O) groups is 1. The summed E-state index contributed by atoms with van der Waals surface area (Å²) < 4.78 is 11.0.